The zero-order valence-corrected chi connectivity index (χ0v) is 15.4. The molecule has 0 radical (unpaired) electrons. The van der Waals surface area contributed by atoms with Gasteiger partial charge < -0.3 is 10.1 Å². The van der Waals surface area contributed by atoms with Crippen LogP contribution in [0.3, 0.4) is 0 Å². The number of carbonyl (C=O) groups excluding carboxylic acids is 1. The smallest absolute Gasteiger partial charge is 0.350 e. The zero-order valence-electron chi connectivity index (χ0n) is 13.8. The van der Waals surface area contributed by atoms with E-state index in [0.29, 0.717) is 34.1 Å². The summed E-state index contributed by atoms with van der Waals surface area (Å²) in [5, 5.41) is 4.53. The highest BCUT2D eigenvalue weighted by molar-refractivity contribution is 7.13. The van der Waals surface area contributed by atoms with Crippen LogP contribution in [-0.2, 0) is 4.74 Å². The first-order valence-electron chi connectivity index (χ1n) is 7.93. The third-order valence-corrected chi connectivity index (χ3v) is 5.18. The molecule has 0 spiro atoms. The lowest BCUT2D eigenvalue weighted by molar-refractivity contribution is 0.0531. The molecule has 0 amide bonds. The van der Waals surface area contributed by atoms with Gasteiger partial charge in [0.1, 0.15) is 26.7 Å². The normalized spacial score (nSPS) is 15.2. The second-order valence-electron chi connectivity index (χ2n) is 5.76. The average Bonchev–Trinajstić information content (AvgIpc) is 3.29. The predicted molar refractivity (Wildman–Crippen MR) is 93.9 cm³/mol. The first-order chi connectivity index (χ1) is 11.5. The van der Waals surface area contributed by atoms with Gasteiger partial charge in [0.15, 0.2) is 0 Å². The fraction of sp³-hybridized carbons (Fsp3) is 0.500. The Kier molecular flexibility index (Phi) is 5.01. The molecule has 1 aliphatic rings. The summed E-state index contributed by atoms with van der Waals surface area (Å²) in [5.74, 6) is 1.57. The van der Waals surface area contributed by atoms with E-state index in [2.05, 4.69) is 20.3 Å². The van der Waals surface area contributed by atoms with E-state index in [4.69, 9.17) is 16.3 Å². The van der Waals surface area contributed by atoms with Crippen molar-refractivity contribution in [1.29, 1.82) is 0 Å². The maximum atomic E-state index is 11.9. The van der Waals surface area contributed by atoms with Gasteiger partial charge >= 0.3 is 5.97 Å². The molecule has 2 aromatic heterocycles. The van der Waals surface area contributed by atoms with Gasteiger partial charge in [-0.2, -0.15) is 0 Å². The molecule has 128 valence electrons. The summed E-state index contributed by atoms with van der Waals surface area (Å²) in [7, 11) is 0. The number of carbonyl (C=O) groups is 1. The third-order valence-electron chi connectivity index (χ3n) is 3.66. The summed E-state index contributed by atoms with van der Waals surface area (Å²) in [4.78, 5) is 25.8. The third kappa shape index (κ3) is 3.84. The number of nitrogens with one attached hydrogen (secondary N) is 1. The molecule has 1 N–H and O–H groups in total. The van der Waals surface area contributed by atoms with Crippen molar-refractivity contribution in [2.75, 3.05) is 11.9 Å². The number of nitrogens with zero attached hydrogens (tertiary/aromatic N) is 3. The van der Waals surface area contributed by atoms with Crippen molar-refractivity contribution < 1.29 is 9.53 Å². The minimum Gasteiger partial charge on any atom is -0.462 e. The molecule has 1 aliphatic carbocycles. The lowest BCUT2D eigenvalue weighted by atomic mass is 10.3. The largest absolute Gasteiger partial charge is 0.462 e. The van der Waals surface area contributed by atoms with Crippen molar-refractivity contribution in [2.24, 2.45) is 0 Å². The van der Waals surface area contributed by atoms with Crippen LogP contribution in [0.5, 0.6) is 0 Å². The Morgan fingerprint density at radius 3 is 2.88 bits per heavy atom. The Morgan fingerprint density at radius 2 is 2.21 bits per heavy atom. The lowest BCUT2D eigenvalue weighted by Crippen LogP contribution is -2.09. The number of ether oxygens (including phenoxy) is 1. The number of hydrogen-bond donors (Lipinski definition) is 1. The van der Waals surface area contributed by atoms with Crippen LogP contribution in [0.25, 0.3) is 0 Å². The quantitative estimate of drug-likeness (QED) is 0.612. The van der Waals surface area contributed by atoms with E-state index in [1.807, 2.05) is 13.8 Å². The molecule has 0 aliphatic heterocycles. The Labute approximate surface area is 149 Å². The highest BCUT2D eigenvalue weighted by Gasteiger charge is 2.27. The number of thiazole rings is 1. The number of rotatable bonds is 6. The van der Waals surface area contributed by atoms with Crippen LogP contribution >= 0.6 is 22.9 Å². The summed E-state index contributed by atoms with van der Waals surface area (Å²) in [6.07, 6.45) is 2.23. The van der Waals surface area contributed by atoms with Crippen LogP contribution in [0, 0.1) is 6.92 Å². The maximum Gasteiger partial charge on any atom is 0.350 e. The van der Waals surface area contributed by atoms with E-state index in [0.717, 1.165) is 23.7 Å². The number of hydrogen-bond acceptors (Lipinski definition) is 7. The number of anilines is 1. The molecule has 1 saturated carbocycles. The molecule has 1 unspecified atom stereocenters. The number of halogens is 1. The van der Waals surface area contributed by atoms with Crippen molar-refractivity contribution in [3.05, 3.63) is 32.6 Å². The predicted octanol–water partition coefficient (Wildman–Crippen LogP) is 4.12. The van der Waals surface area contributed by atoms with E-state index in [1.165, 1.54) is 11.3 Å². The van der Waals surface area contributed by atoms with Gasteiger partial charge in [0.25, 0.3) is 0 Å². The molecular weight excluding hydrogens is 348 g/mol. The van der Waals surface area contributed by atoms with Crippen molar-refractivity contribution in [3.63, 3.8) is 0 Å². The number of esters is 1. The highest BCUT2D eigenvalue weighted by Crippen LogP contribution is 2.39. The van der Waals surface area contributed by atoms with Crippen LogP contribution in [-0.4, -0.2) is 27.5 Å². The van der Waals surface area contributed by atoms with Gasteiger partial charge in [-0.3, -0.25) is 0 Å². The highest BCUT2D eigenvalue weighted by atomic mass is 35.5. The van der Waals surface area contributed by atoms with Crippen LogP contribution in [0.4, 0.5) is 5.82 Å². The molecular formula is C16H19ClN4O2S. The van der Waals surface area contributed by atoms with Crippen molar-refractivity contribution in [2.45, 2.75) is 45.6 Å². The average molecular weight is 367 g/mol. The van der Waals surface area contributed by atoms with E-state index in [1.54, 1.807) is 13.0 Å². The monoisotopic (exact) mass is 366 g/mol. The first kappa shape index (κ1) is 17.1. The molecule has 2 heterocycles. The van der Waals surface area contributed by atoms with E-state index < -0.39 is 0 Å². The zero-order chi connectivity index (χ0) is 17.3. The number of aryl methyl sites for hydroxylation is 1. The first-order valence-corrected chi connectivity index (χ1v) is 9.12. The van der Waals surface area contributed by atoms with Gasteiger partial charge in [-0.05, 0) is 33.6 Å². The Balaban J connectivity index is 1.76. The summed E-state index contributed by atoms with van der Waals surface area (Å²) in [6.45, 7) is 5.92. The Bertz CT molecular complexity index is 761. The summed E-state index contributed by atoms with van der Waals surface area (Å²) in [6, 6.07) is 1.60. The van der Waals surface area contributed by atoms with E-state index in [9.17, 15) is 4.79 Å². The topological polar surface area (TPSA) is 77.0 Å². The molecule has 24 heavy (non-hydrogen) atoms. The molecule has 2 aromatic rings. The minimum absolute atomic E-state index is 0.102. The second-order valence-corrected chi connectivity index (χ2v) is 7.18. The number of aromatic nitrogens is 3. The van der Waals surface area contributed by atoms with Crippen molar-refractivity contribution >= 4 is 34.7 Å². The molecule has 1 atom stereocenters. The Hall–Kier alpha value is -1.73. The standard InChI is InChI=1S/C16H19ClN4O2S/c1-4-23-16(22)13-8(2)19-15(24-13)9(3)18-12-7-11(17)20-14(21-12)10-5-6-10/h7,9-10H,4-6H2,1-3H3,(H,18,20,21). The molecule has 3 rings (SSSR count). The molecule has 1 fully saturated rings. The van der Waals surface area contributed by atoms with Gasteiger partial charge in [0, 0.05) is 12.0 Å². The SMILES string of the molecule is CCOC(=O)c1sc(C(C)Nc2cc(Cl)nc(C3CC3)n2)nc1C. The molecule has 0 aromatic carbocycles. The summed E-state index contributed by atoms with van der Waals surface area (Å²) < 4.78 is 5.06. The van der Waals surface area contributed by atoms with Crippen molar-refractivity contribution in [1.82, 2.24) is 15.0 Å². The molecule has 0 bridgehead atoms. The molecule has 8 heteroatoms. The van der Waals surface area contributed by atoms with Gasteiger partial charge in [-0.15, -0.1) is 11.3 Å². The fourth-order valence-electron chi connectivity index (χ4n) is 2.31. The Morgan fingerprint density at radius 1 is 1.46 bits per heavy atom. The van der Waals surface area contributed by atoms with Crippen LogP contribution in [0.1, 0.15) is 64.8 Å². The fourth-order valence-corrected chi connectivity index (χ4v) is 3.46. The van der Waals surface area contributed by atoms with Gasteiger partial charge in [-0.25, -0.2) is 19.7 Å². The lowest BCUT2D eigenvalue weighted by Gasteiger charge is -2.12. The molecule has 6 nitrogen and oxygen atoms in total. The second kappa shape index (κ2) is 7.03. The summed E-state index contributed by atoms with van der Waals surface area (Å²) in [5.41, 5.74) is 0.682. The maximum absolute atomic E-state index is 11.9. The summed E-state index contributed by atoms with van der Waals surface area (Å²) >= 11 is 7.43. The van der Waals surface area contributed by atoms with Crippen LogP contribution in [0.2, 0.25) is 5.15 Å². The van der Waals surface area contributed by atoms with Gasteiger partial charge in [-0.1, -0.05) is 11.6 Å². The van der Waals surface area contributed by atoms with Crippen LogP contribution < -0.4 is 5.32 Å². The van der Waals surface area contributed by atoms with Crippen molar-refractivity contribution in [3.8, 4) is 0 Å². The minimum atomic E-state index is -0.327. The van der Waals surface area contributed by atoms with Gasteiger partial charge in [0.05, 0.1) is 18.3 Å². The van der Waals surface area contributed by atoms with E-state index in [-0.39, 0.29) is 12.0 Å². The van der Waals surface area contributed by atoms with Gasteiger partial charge in [0.2, 0.25) is 0 Å². The van der Waals surface area contributed by atoms with E-state index >= 15 is 0 Å². The van der Waals surface area contributed by atoms with Crippen LogP contribution in [0.15, 0.2) is 6.07 Å². The molecule has 0 saturated heterocycles.